The Bertz CT molecular complexity index is 483. The highest BCUT2D eigenvalue weighted by Gasteiger charge is 1.94. The number of carbonyl (C=O) groups excluding carboxylic acids is 2. The molecule has 94 valence electrons. The van der Waals surface area contributed by atoms with Crippen LogP contribution >= 0.6 is 0 Å². The second kappa shape index (κ2) is 6.97. The van der Waals surface area contributed by atoms with Crippen LogP contribution in [0.3, 0.4) is 0 Å². The lowest BCUT2D eigenvalue weighted by molar-refractivity contribution is -0.118. The zero-order valence-electron chi connectivity index (χ0n) is 10.1. The summed E-state index contributed by atoms with van der Waals surface area (Å²) in [5, 5.41) is 5.12. The van der Waals surface area contributed by atoms with Gasteiger partial charge in [0.25, 0.3) is 0 Å². The van der Waals surface area contributed by atoms with Crippen molar-refractivity contribution in [1.82, 2.24) is 5.32 Å². The van der Waals surface area contributed by atoms with Gasteiger partial charge in [-0.25, -0.2) is 4.79 Å². The molecule has 0 aliphatic rings. The number of carbonyl (C=O) groups is 2. The fraction of sp³-hybridized carbons (Fsp3) is 0.231. The first-order valence-corrected chi connectivity index (χ1v) is 5.48. The largest absolute Gasteiger partial charge is 0.355 e. The van der Waals surface area contributed by atoms with Crippen LogP contribution in [0.4, 0.5) is 10.5 Å². The van der Waals surface area contributed by atoms with Gasteiger partial charge in [-0.3, -0.25) is 4.79 Å². The highest BCUT2D eigenvalue weighted by atomic mass is 16.2. The molecule has 5 heteroatoms. The highest BCUT2D eigenvalue weighted by Crippen LogP contribution is 2.08. The molecule has 0 heterocycles. The van der Waals surface area contributed by atoms with Gasteiger partial charge < -0.3 is 16.4 Å². The molecule has 4 N–H and O–H groups in total. The molecule has 0 unspecified atom stereocenters. The summed E-state index contributed by atoms with van der Waals surface area (Å²) in [6.45, 7) is 2.02. The Kier molecular flexibility index (Phi) is 5.26. The van der Waals surface area contributed by atoms with E-state index in [1.807, 2.05) is 0 Å². The van der Waals surface area contributed by atoms with E-state index in [0.717, 1.165) is 5.56 Å². The van der Waals surface area contributed by atoms with Gasteiger partial charge in [-0.1, -0.05) is 11.8 Å². The van der Waals surface area contributed by atoms with Crippen LogP contribution in [0.1, 0.15) is 18.9 Å². The summed E-state index contributed by atoms with van der Waals surface area (Å²) in [6.07, 6.45) is 0.598. The van der Waals surface area contributed by atoms with Crippen molar-refractivity contribution in [1.29, 1.82) is 0 Å². The van der Waals surface area contributed by atoms with E-state index in [9.17, 15) is 9.59 Å². The molecule has 0 radical (unpaired) electrons. The van der Waals surface area contributed by atoms with Crippen LogP contribution in [0.2, 0.25) is 0 Å². The fourth-order valence-electron chi connectivity index (χ4n) is 1.24. The maximum Gasteiger partial charge on any atom is 0.316 e. The summed E-state index contributed by atoms with van der Waals surface area (Å²) in [5.74, 6) is 5.84. The number of nitrogens with two attached hydrogens (primary N) is 1. The summed E-state index contributed by atoms with van der Waals surface area (Å²) >= 11 is 0. The monoisotopic (exact) mass is 245 g/mol. The minimum atomic E-state index is -0.593. The molecule has 0 aliphatic heterocycles. The van der Waals surface area contributed by atoms with Crippen LogP contribution in [-0.4, -0.2) is 18.5 Å². The van der Waals surface area contributed by atoms with Crippen molar-refractivity contribution in [3.63, 3.8) is 0 Å². The standard InChI is InChI=1S/C13H15N3O2/c1-10(17)15-9-3-2-4-11-5-7-12(8-6-11)16-13(14)18/h5-8H,3,9H2,1H3,(H,15,17)(H3,14,16,18). The van der Waals surface area contributed by atoms with Gasteiger partial charge in [-0.05, 0) is 24.3 Å². The van der Waals surface area contributed by atoms with Crippen LogP contribution in [-0.2, 0) is 4.79 Å². The predicted octanol–water partition coefficient (Wildman–Crippen LogP) is 1.05. The van der Waals surface area contributed by atoms with Gasteiger partial charge in [0.1, 0.15) is 0 Å². The number of benzene rings is 1. The Labute approximate surface area is 106 Å². The number of nitrogens with one attached hydrogen (secondary N) is 2. The Hall–Kier alpha value is -2.48. The molecule has 5 nitrogen and oxygen atoms in total. The summed E-state index contributed by atoms with van der Waals surface area (Å²) in [5.41, 5.74) is 6.46. The van der Waals surface area contributed by atoms with E-state index < -0.39 is 6.03 Å². The quantitative estimate of drug-likeness (QED) is 0.549. The van der Waals surface area contributed by atoms with Crippen molar-refractivity contribution in [2.45, 2.75) is 13.3 Å². The molecule has 3 amide bonds. The number of hydrogen-bond donors (Lipinski definition) is 3. The Morgan fingerprint density at radius 2 is 1.94 bits per heavy atom. The highest BCUT2D eigenvalue weighted by molar-refractivity contribution is 5.87. The van der Waals surface area contributed by atoms with Gasteiger partial charge in [0, 0.05) is 31.1 Å². The summed E-state index contributed by atoms with van der Waals surface area (Å²) in [7, 11) is 0. The molecular formula is C13H15N3O2. The van der Waals surface area contributed by atoms with Crippen molar-refractivity contribution in [2.24, 2.45) is 5.73 Å². The smallest absolute Gasteiger partial charge is 0.316 e. The van der Waals surface area contributed by atoms with Gasteiger partial charge in [-0.2, -0.15) is 0 Å². The SMILES string of the molecule is CC(=O)NCCC#Cc1ccc(NC(N)=O)cc1. The topological polar surface area (TPSA) is 84.2 Å². The van der Waals surface area contributed by atoms with Crippen molar-refractivity contribution in [3.05, 3.63) is 29.8 Å². The number of urea groups is 1. The van der Waals surface area contributed by atoms with Gasteiger partial charge in [0.15, 0.2) is 0 Å². The van der Waals surface area contributed by atoms with E-state index in [1.54, 1.807) is 24.3 Å². The van der Waals surface area contributed by atoms with Gasteiger partial charge >= 0.3 is 6.03 Å². The minimum Gasteiger partial charge on any atom is -0.355 e. The molecule has 0 fully saturated rings. The molecular weight excluding hydrogens is 230 g/mol. The van der Waals surface area contributed by atoms with Crippen molar-refractivity contribution >= 4 is 17.6 Å². The zero-order valence-corrected chi connectivity index (χ0v) is 10.1. The number of hydrogen-bond acceptors (Lipinski definition) is 2. The van der Waals surface area contributed by atoms with E-state index in [-0.39, 0.29) is 5.91 Å². The van der Waals surface area contributed by atoms with Crippen LogP contribution in [0.15, 0.2) is 24.3 Å². The molecule has 1 aromatic carbocycles. The molecule has 0 bridgehead atoms. The lowest BCUT2D eigenvalue weighted by Crippen LogP contribution is -2.20. The van der Waals surface area contributed by atoms with Crippen LogP contribution in [0, 0.1) is 11.8 Å². The molecule has 18 heavy (non-hydrogen) atoms. The van der Waals surface area contributed by atoms with Crippen molar-refractivity contribution < 1.29 is 9.59 Å². The third-order valence-electron chi connectivity index (χ3n) is 2.01. The van der Waals surface area contributed by atoms with E-state index >= 15 is 0 Å². The molecule has 0 spiro atoms. The number of anilines is 1. The molecule has 0 saturated carbocycles. The second-order valence-corrected chi connectivity index (χ2v) is 3.60. The van der Waals surface area contributed by atoms with Gasteiger partial charge in [-0.15, -0.1) is 0 Å². The van der Waals surface area contributed by atoms with Crippen molar-refractivity contribution in [3.8, 4) is 11.8 Å². The number of primary amides is 1. The lowest BCUT2D eigenvalue weighted by Gasteiger charge is -2.00. The third kappa shape index (κ3) is 5.56. The fourth-order valence-corrected chi connectivity index (χ4v) is 1.24. The zero-order chi connectivity index (χ0) is 13.4. The van der Waals surface area contributed by atoms with E-state index in [0.29, 0.717) is 18.7 Å². The van der Waals surface area contributed by atoms with Gasteiger partial charge in [0.05, 0.1) is 0 Å². The normalized spacial score (nSPS) is 8.94. The average Bonchev–Trinajstić information content (AvgIpc) is 2.30. The second-order valence-electron chi connectivity index (χ2n) is 3.60. The summed E-state index contributed by atoms with van der Waals surface area (Å²) < 4.78 is 0. The summed E-state index contributed by atoms with van der Waals surface area (Å²) in [4.78, 5) is 21.2. The predicted molar refractivity (Wildman–Crippen MR) is 69.8 cm³/mol. The minimum absolute atomic E-state index is 0.0568. The summed E-state index contributed by atoms with van der Waals surface area (Å²) in [6, 6.07) is 6.43. The van der Waals surface area contributed by atoms with Crippen LogP contribution in [0.5, 0.6) is 0 Å². The first-order valence-electron chi connectivity index (χ1n) is 5.48. The van der Waals surface area contributed by atoms with E-state index in [4.69, 9.17) is 5.73 Å². The third-order valence-corrected chi connectivity index (χ3v) is 2.01. The van der Waals surface area contributed by atoms with E-state index in [2.05, 4.69) is 22.5 Å². The van der Waals surface area contributed by atoms with Gasteiger partial charge in [0.2, 0.25) is 5.91 Å². The molecule has 0 saturated heterocycles. The Balaban J connectivity index is 2.46. The molecule has 0 atom stereocenters. The van der Waals surface area contributed by atoms with Crippen LogP contribution < -0.4 is 16.4 Å². The first kappa shape index (κ1) is 13.6. The maximum atomic E-state index is 10.6. The Morgan fingerprint density at radius 1 is 1.28 bits per heavy atom. The number of rotatable bonds is 3. The molecule has 0 aromatic heterocycles. The van der Waals surface area contributed by atoms with Crippen molar-refractivity contribution in [2.75, 3.05) is 11.9 Å². The first-order chi connectivity index (χ1) is 8.58. The molecule has 0 aliphatic carbocycles. The van der Waals surface area contributed by atoms with Crippen LogP contribution in [0.25, 0.3) is 0 Å². The average molecular weight is 245 g/mol. The number of amides is 3. The van der Waals surface area contributed by atoms with E-state index in [1.165, 1.54) is 6.92 Å². The molecule has 1 aromatic rings. The molecule has 1 rings (SSSR count). The lowest BCUT2D eigenvalue weighted by atomic mass is 10.2. The Morgan fingerprint density at radius 3 is 2.50 bits per heavy atom. The maximum absolute atomic E-state index is 10.6.